The molecule has 6 nitrogen and oxygen atoms in total. The molecule has 0 radical (unpaired) electrons. The summed E-state index contributed by atoms with van der Waals surface area (Å²) in [5, 5.41) is 11.6. The zero-order valence-electron chi connectivity index (χ0n) is 11.4. The van der Waals surface area contributed by atoms with Crippen molar-refractivity contribution in [1.82, 2.24) is 4.90 Å². The summed E-state index contributed by atoms with van der Waals surface area (Å²) in [4.78, 5) is 24.2. The number of carboxylic acids is 1. The van der Waals surface area contributed by atoms with Crippen LogP contribution in [0.3, 0.4) is 0 Å². The molecule has 0 fully saturated rings. The number of anilines is 1. The molecule has 0 heterocycles. The van der Waals surface area contributed by atoms with Crippen LogP contribution in [-0.2, 0) is 4.74 Å². The van der Waals surface area contributed by atoms with Gasteiger partial charge in [0.2, 0.25) is 0 Å². The average molecular weight is 345 g/mol. The van der Waals surface area contributed by atoms with Crippen LogP contribution in [0.4, 0.5) is 10.5 Å². The van der Waals surface area contributed by atoms with Gasteiger partial charge in [-0.05, 0) is 41.1 Å². The van der Waals surface area contributed by atoms with E-state index < -0.39 is 5.97 Å². The minimum absolute atomic E-state index is 0.152. The standard InChI is InChI=1S/C13H17BrN2O4/c1-3-20-7-6-16(2)13(19)15-11-5-4-9(12(17)18)8-10(11)14/h4-5,8H,3,6-7H2,1-2H3,(H,15,19)(H,17,18). The number of carboxylic acid groups (broad SMARTS) is 1. The first kappa shape index (κ1) is 16.5. The predicted octanol–water partition coefficient (Wildman–Crippen LogP) is 2.65. The number of urea groups is 1. The molecule has 0 atom stereocenters. The number of aromatic carboxylic acids is 1. The topological polar surface area (TPSA) is 78.9 Å². The molecular weight excluding hydrogens is 328 g/mol. The summed E-state index contributed by atoms with van der Waals surface area (Å²) in [7, 11) is 1.66. The maximum absolute atomic E-state index is 11.9. The second-order valence-corrected chi connectivity index (χ2v) is 4.90. The average Bonchev–Trinajstić information content (AvgIpc) is 2.40. The van der Waals surface area contributed by atoms with E-state index in [2.05, 4.69) is 21.2 Å². The number of likely N-dealkylation sites (N-methyl/N-ethyl adjacent to an activating group) is 1. The normalized spacial score (nSPS) is 10.2. The highest BCUT2D eigenvalue weighted by Crippen LogP contribution is 2.23. The van der Waals surface area contributed by atoms with Crippen LogP contribution in [0.1, 0.15) is 17.3 Å². The number of halogens is 1. The summed E-state index contributed by atoms with van der Waals surface area (Å²) >= 11 is 3.24. The highest BCUT2D eigenvalue weighted by molar-refractivity contribution is 9.10. The first-order valence-corrected chi connectivity index (χ1v) is 6.87. The highest BCUT2D eigenvalue weighted by Gasteiger charge is 2.12. The van der Waals surface area contributed by atoms with E-state index in [-0.39, 0.29) is 11.6 Å². The zero-order chi connectivity index (χ0) is 15.1. The second kappa shape index (κ2) is 7.86. The van der Waals surface area contributed by atoms with E-state index in [1.165, 1.54) is 17.0 Å². The Morgan fingerprint density at radius 2 is 2.15 bits per heavy atom. The van der Waals surface area contributed by atoms with Gasteiger partial charge in [0.15, 0.2) is 0 Å². The first-order valence-electron chi connectivity index (χ1n) is 6.08. The van der Waals surface area contributed by atoms with E-state index in [0.717, 1.165) is 0 Å². The van der Waals surface area contributed by atoms with Crippen LogP contribution >= 0.6 is 15.9 Å². The summed E-state index contributed by atoms with van der Waals surface area (Å²) < 4.78 is 5.69. The quantitative estimate of drug-likeness (QED) is 0.777. The van der Waals surface area contributed by atoms with Gasteiger partial charge in [-0.2, -0.15) is 0 Å². The molecule has 7 heteroatoms. The lowest BCUT2D eigenvalue weighted by atomic mass is 10.2. The number of hydrogen-bond acceptors (Lipinski definition) is 3. The second-order valence-electron chi connectivity index (χ2n) is 4.05. The molecular formula is C13H17BrN2O4. The highest BCUT2D eigenvalue weighted by atomic mass is 79.9. The van der Waals surface area contributed by atoms with Gasteiger partial charge in [0, 0.05) is 24.7 Å². The molecule has 2 N–H and O–H groups in total. The minimum Gasteiger partial charge on any atom is -0.478 e. The lowest BCUT2D eigenvalue weighted by Gasteiger charge is -2.18. The van der Waals surface area contributed by atoms with Crippen LogP contribution in [0.5, 0.6) is 0 Å². The van der Waals surface area contributed by atoms with Gasteiger partial charge in [0.05, 0.1) is 17.9 Å². The molecule has 2 amide bonds. The minimum atomic E-state index is -1.02. The Bertz CT molecular complexity index is 493. The molecule has 0 bridgehead atoms. The van der Waals surface area contributed by atoms with Crippen LogP contribution < -0.4 is 5.32 Å². The molecule has 0 saturated heterocycles. The van der Waals surface area contributed by atoms with E-state index in [4.69, 9.17) is 9.84 Å². The van der Waals surface area contributed by atoms with Crippen molar-refractivity contribution < 1.29 is 19.4 Å². The summed E-state index contributed by atoms with van der Waals surface area (Å²) in [5.41, 5.74) is 0.669. The monoisotopic (exact) mass is 344 g/mol. The van der Waals surface area contributed by atoms with Crippen LogP contribution in [0.15, 0.2) is 22.7 Å². The fourth-order valence-corrected chi connectivity index (χ4v) is 1.89. The van der Waals surface area contributed by atoms with Gasteiger partial charge >= 0.3 is 12.0 Å². The summed E-state index contributed by atoms with van der Waals surface area (Å²) in [6, 6.07) is 4.14. The molecule has 110 valence electrons. The molecule has 0 aromatic heterocycles. The van der Waals surface area contributed by atoms with Gasteiger partial charge in [-0.15, -0.1) is 0 Å². The summed E-state index contributed by atoms with van der Waals surface area (Å²) in [5.74, 6) is -1.02. The number of hydrogen-bond donors (Lipinski definition) is 2. The van der Waals surface area contributed by atoms with Crippen molar-refractivity contribution in [2.24, 2.45) is 0 Å². The van der Waals surface area contributed by atoms with Crippen molar-refractivity contribution in [2.75, 3.05) is 32.1 Å². The third-order valence-electron chi connectivity index (χ3n) is 2.58. The number of nitrogens with one attached hydrogen (secondary N) is 1. The molecule has 1 aromatic carbocycles. The number of rotatable bonds is 6. The third-order valence-corrected chi connectivity index (χ3v) is 3.24. The molecule has 0 aliphatic heterocycles. The molecule has 0 spiro atoms. The third kappa shape index (κ3) is 4.82. The molecule has 0 unspecified atom stereocenters. The molecule has 1 aromatic rings. The van der Waals surface area contributed by atoms with E-state index in [9.17, 15) is 9.59 Å². The number of carbonyl (C=O) groups is 2. The Hall–Kier alpha value is -1.60. The Labute approximate surface area is 125 Å². The SMILES string of the molecule is CCOCCN(C)C(=O)Nc1ccc(C(=O)O)cc1Br. The zero-order valence-corrected chi connectivity index (χ0v) is 12.9. The van der Waals surface area contributed by atoms with Crippen molar-refractivity contribution in [3.63, 3.8) is 0 Å². The maximum atomic E-state index is 11.9. The molecule has 0 aliphatic rings. The smallest absolute Gasteiger partial charge is 0.335 e. The van der Waals surface area contributed by atoms with Crippen molar-refractivity contribution in [3.8, 4) is 0 Å². The van der Waals surface area contributed by atoms with E-state index in [0.29, 0.717) is 29.9 Å². The van der Waals surface area contributed by atoms with Gasteiger partial charge < -0.3 is 20.1 Å². The Kier molecular flexibility index (Phi) is 6.47. The molecule has 0 aliphatic carbocycles. The maximum Gasteiger partial charge on any atom is 0.335 e. The predicted molar refractivity (Wildman–Crippen MR) is 79.2 cm³/mol. The number of ether oxygens (including phenoxy) is 1. The number of amides is 2. The van der Waals surface area contributed by atoms with Gasteiger partial charge in [-0.3, -0.25) is 0 Å². The number of nitrogens with zero attached hydrogens (tertiary/aromatic N) is 1. The van der Waals surface area contributed by atoms with Crippen LogP contribution in [0.25, 0.3) is 0 Å². The van der Waals surface area contributed by atoms with E-state index in [1.807, 2.05) is 6.92 Å². The largest absolute Gasteiger partial charge is 0.478 e. The fourth-order valence-electron chi connectivity index (χ4n) is 1.41. The summed E-state index contributed by atoms with van der Waals surface area (Å²) in [6.45, 7) is 3.45. The summed E-state index contributed by atoms with van der Waals surface area (Å²) in [6.07, 6.45) is 0. The van der Waals surface area contributed by atoms with Crippen LogP contribution in [0.2, 0.25) is 0 Å². The van der Waals surface area contributed by atoms with Gasteiger partial charge in [-0.1, -0.05) is 0 Å². The number of carbonyl (C=O) groups excluding carboxylic acids is 1. The first-order chi connectivity index (χ1) is 9.45. The van der Waals surface area contributed by atoms with Gasteiger partial charge in [-0.25, -0.2) is 9.59 Å². The van der Waals surface area contributed by atoms with E-state index >= 15 is 0 Å². The fraction of sp³-hybridized carbons (Fsp3) is 0.385. The lowest BCUT2D eigenvalue weighted by Crippen LogP contribution is -2.34. The Morgan fingerprint density at radius 1 is 1.45 bits per heavy atom. The molecule has 1 rings (SSSR count). The number of benzene rings is 1. The Balaban J connectivity index is 2.64. The van der Waals surface area contributed by atoms with Crippen molar-refractivity contribution in [1.29, 1.82) is 0 Å². The molecule has 20 heavy (non-hydrogen) atoms. The van der Waals surface area contributed by atoms with Crippen molar-refractivity contribution in [2.45, 2.75) is 6.92 Å². The van der Waals surface area contributed by atoms with Crippen LogP contribution in [0, 0.1) is 0 Å². The van der Waals surface area contributed by atoms with Crippen molar-refractivity contribution in [3.05, 3.63) is 28.2 Å². The van der Waals surface area contributed by atoms with E-state index in [1.54, 1.807) is 13.1 Å². The lowest BCUT2D eigenvalue weighted by molar-refractivity contribution is 0.0697. The van der Waals surface area contributed by atoms with Gasteiger partial charge in [0.25, 0.3) is 0 Å². The Morgan fingerprint density at radius 3 is 2.70 bits per heavy atom. The molecule has 0 saturated carbocycles. The van der Waals surface area contributed by atoms with Crippen LogP contribution in [-0.4, -0.2) is 48.8 Å². The van der Waals surface area contributed by atoms with Gasteiger partial charge in [0.1, 0.15) is 0 Å². The van der Waals surface area contributed by atoms with Crippen molar-refractivity contribution >= 4 is 33.6 Å².